The van der Waals surface area contributed by atoms with Crippen LogP contribution in [0.5, 0.6) is 0 Å². The maximum atomic E-state index is 11.2. The number of hydrogen-bond donors (Lipinski definition) is 2. The minimum absolute atomic E-state index is 0.147. The van der Waals surface area contributed by atoms with Gasteiger partial charge in [0, 0.05) is 17.9 Å². The molecule has 1 heterocycles. The molecule has 2 rings (SSSR count). The Morgan fingerprint density at radius 3 is 2.64 bits per heavy atom. The van der Waals surface area contributed by atoms with E-state index in [1.807, 2.05) is 0 Å². The average molecular weight is 198 g/mol. The van der Waals surface area contributed by atoms with Gasteiger partial charge in [-0.2, -0.15) is 0 Å². The smallest absolute Gasteiger partial charge is 0.314 e. The Hall–Kier alpha value is -1.36. The summed E-state index contributed by atoms with van der Waals surface area (Å²) in [5.41, 5.74) is -0.707. The van der Waals surface area contributed by atoms with Crippen molar-refractivity contribution in [2.24, 2.45) is 11.3 Å². The number of aliphatic hydroxyl groups excluding tert-OH is 1. The molecule has 0 aromatic rings. The largest absolute Gasteiger partial charge is 0.511 e. The molecule has 0 amide bonds. The van der Waals surface area contributed by atoms with Gasteiger partial charge in [0.2, 0.25) is 0 Å². The lowest BCUT2D eigenvalue weighted by atomic mass is 9.66. The van der Waals surface area contributed by atoms with Crippen LogP contribution in [0.3, 0.4) is 0 Å². The molecule has 0 aromatic carbocycles. The van der Waals surface area contributed by atoms with Gasteiger partial charge in [0.1, 0.15) is 11.7 Å². The molecular weight excluding hydrogens is 188 g/mol. The molecular formula is C9H10O5. The zero-order chi connectivity index (χ0) is 10.3. The molecule has 1 fully saturated rings. The molecule has 0 aromatic heterocycles. The summed E-state index contributed by atoms with van der Waals surface area (Å²) >= 11 is 0. The quantitative estimate of drug-likeness (QED) is 0.625. The summed E-state index contributed by atoms with van der Waals surface area (Å²) in [4.78, 5) is 22.1. The Morgan fingerprint density at radius 2 is 2.21 bits per heavy atom. The maximum Gasteiger partial charge on any atom is 0.314 e. The summed E-state index contributed by atoms with van der Waals surface area (Å²) in [5.74, 6) is -2.68. The number of allylic oxidation sites excluding steroid dienone is 1. The first kappa shape index (κ1) is 9.21. The van der Waals surface area contributed by atoms with E-state index in [1.54, 1.807) is 0 Å². The van der Waals surface area contributed by atoms with Gasteiger partial charge in [-0.3, -0.25) is 9.59 Å². The maximum absolute atomic E-state index is 11.2. The molecule has 5 heteroatoms. The molecule has 0 bridgehead atoms. The number of carbonyl (C=O) groups is 2. The van der Waals surface area contributed by atoms with E-state index in [0.717, 1.165) is 6.08 Å². The third-order valence-corrected chi connectivity index (χ3v) is 2.77. The van der Waals surface area contributed by atoms with Crippen molar-refractivity contribution in [2.45, 2.75) is 6.42 Å². The molecule has 5 nitrogen and oxygen atoms in total. The second-order valence-electron chi connectivity index (χ2n) is 3.84. The Morgan fingerprint density at radius 1 is 1.57 bits per heavy atom. The van der Waals surface area contributed by atoms with Gasteiger partial charge in [-0.15, -0.1) is 0 Å². The Kier molecular flexibility index (Phi) is 1.85. The second kappa shape index (κ2) is 2.81. The van der Waals surface area contributed by atoms with E-state index < -0.39 is 17.3 Å². The number of carbonyl (C=O) groups excluding carboxylic acids is 1. The van der Waals surface area contributed by atoms with E-state index in [9.17, 15) is 14.7 Å². The van der Waals surface area contributed by atoms with Crippen LogP contribution >= 0.6 is 0 Å². The lowest BCUT2D eigenvalue weighted by Crippen LogP contribution is -2.54. The Labute approximate surface area is 80.0 Å². The topological polar surface area (TPSA) is 83.8 Å². The molecule has 0 radical (unpaired) electrons. The molecule has 1 aliphatic heterocycles. The molecule has 1 unspecified atom stereocenters. The van der Waals surface area contributed by atoms with E-state index in [1.165, 1.54) is 0 Å². The number of ketones is 1. The van der Waals surface area contributed by atoms with Crippen LogP contribution in [0.2, 0.25) is 0 Å². The normalized spacial score (nSPS) is 29.6. The zero-order valence-electron chi connectivity index (χ0n) is 7.40. The first-order valence-corrected chi connectivity index (χ1v) is 4.29. The summed E-state index contributed by atoms with van der Waals surface area (Å²) < 4.78 is 4.94. The number of ether oxygens (including phenoxy) is 1. The zero-order valence-corrected chi connectivity index (χ0v) is 7.40. The van der Waals surface area contributed by atoms with Crippen LogP contribution in [0.1, 0.15) is 6.42 Å². The lowest BCUT2D eigenvalue weighted by Gasteiger charge is -2.46. The molecule has 14 heavy (non-hydrogen) atoms. The highest BCUT2D eigenvalue weighted by atomic mass is 16.5. The number of carboxylic acids is 1. The Bertz CT molecular complexity index is 326. The van der Waals surface area contributed by atoms with E-state index in [0.29, 0.717) is 0 Å². The van der Waals surface area contributed by atoms with Crippen LogP contribution in [0.15, 0.2) is 11.8 Å². The van der Waals surface area contributed by atoms with Gasteiger partial charge < -0.3 is 14.9 Å². The SMILES string of the molecule is O=C1C=C(O)C(C(=O)O)C2(COC2)C1. The third-order valence-electron chi connectivity index (χ3n) is 2.77. The van der Waals surface area contributed by atoms with Crippen LogP contribution in [0.4, 0.5) is 0 Å². The summed E-state index contributed by atoms with van der Waals surface area (Å²) in [6.45, 7) is 0.460. The first-order chi connectivity index (χ1) is 6.55. The fraction of sp³-hybridized carbons (Fsp3) is 0.556. The molecule has 1 spiro atoms. The molecule has 1 atom stereocenters. The highest BCUT2D eigenvalue weighted by molar-refractivity contribution is 5.94. The summed E-state index contributed by atoms with van der Waals surface area (Å²) in [6.07, 6.45) is 1.15. The standard InChI is InChI=1S/C9H10O5/c10-5-1-6(11)7(8(12)13)9(2-5)3-14-4-9/h1,7,11H,2-4H2,(H,12,13). The van der Waals surface area contributed by atoms with Gasteiger partial charge >= 0.3 is 5.97 Å². The fourth-order valence-electron chi connectivity index (χ4n) is 2.08. The highest BCUT2D eigenvalue weighted by Gasteiger charge is 2.54. The number of carboxylic acid groups (broad SMARTS) is 1. The molecule has 2 N–H and O–H groups in total. The number of aliphatic carboxylic acids is 1. The van der Waals surface area contributed by atoms with Gasteiger partial charge in [-0.05, 0) is 0 Å². The highest BCUT2D eigenvalue weighted by Crippen LogP contribution is 2.45. The van der Waals surface area contributed by atoms with Gasteiger partial charge in [0.05, 0.1) is 13.2 Å². The average Bonchev–Trinajstić information content (AvgIpc) is 1.98. The van der Waals surface area contributed by atoms with Crippen molar-refractivity contribution in [2.75, 3.05) is 13.2 Å². The number of hydrogen-bond acceptors (Lipinski definition) is 4. The van der Waals surface area contributed by atoms with Gasteiger partial charge in [0.15, 0.2) is 5.78 Å². The molecule has 1 saturated heterocycles. The third kappa shape index (κ3) is 1.13. The van der Waals surface area contributed by atoms with Gasteiger partial charge in [-0.1, -0.05) is 0 Å². The van der Waals surface area contributed by atoms with Crippen molar-refractivity contribution in [3.63, 3.8) is 0 Å². The molecule has 1 aliphatic carbocycles. The predicted octanol–water partition coefficient (Wildman–Crippen LogP) is 0.119. The van der Waals surface area contributed by atoms with Gasteiger partial charge in [-0.25, -0.2) is 0 Å². The number of aliphatic hydroxyl groups is 1. The van der Waals surface area contributed by atoms with Crippen molar-refractivity contribution in [1.82, 2.24) is 0 Å². The van der Waals surface area contributed by atoms with Crippen LogP contribution in [0.25, 0.3) is 0 Å². The van der Waals surface area contributed by atoms with Crippen LogP contribution < -0.4 is 0 Å². The molecule has 2 aliphatic rings. The second-order valence-corrected chi connectivity index (χ2v) is 3.84. The fourth-order valence-corrected chi connectivity index (χ4v) is 2.08. The minimum atomic E-state index is -1.10. The van der Waals surface area contributed by atoms with Crippen LogP contribution in [-0.4, -0.2) is 35.2 Å². The summed E-state index contributed by atoms with van der Waals surface area (Å²) in [5, 5.41) is 18.3. The first-order valence-electron chi connectivity index (χ1n) is 4.29. The molecule has 76 valence electrons. The van der Waals surface area contributed by atoms with E-state index >= 15 is 0 Å². The molecule has 0 saturated carbocycles. The van der Waals surface area contributed by atoms with Gasteiger partial charge in [0.25, 0.3) is 0 Å². The van der Waals surface area contributed by atoms with Crippen molar-refractivity contribution in [1.29, 1.82) is 0 Å². The van der Waals surface area contributed by atoms with Crippen molar-refractivity contribution in [3.05, 3.63) is 11.8 Å². The lowest BCUT2D eigenvalue weighted by molar-refractivity contribution is -0.179. The minimum Gasteiger partial charge on any atom is -0.511 e. The van der Waals surface area contributed by atoms with Crippen molar-refractivity contribution in [3.8, 4) is 0 Å². The monoisotopic (exact) mass is 198 g/mol. The van der Waals surface area contributed by atoms with Crippen molar-refractivity contribution >= 4 is 11.8 Å². The predicted molar refractivity (Wildman–Crippen MR) is 44.7 cm³/mol. The van der Waals surface area contributed by atoms with E-state index in [2.05, 4.69) is 0 Å². The van der Waals surface area contributed by atoms with E-state index in [-0.39, 0.29) is 31.2 Å². The van der Waals surface area contributed by atoms with Crippen LogP contribution in [-0.2, 0) is 14.3 Å². The van der Waals surface area contributed by atoms with Crippen LogP contribution in [0, 0.1) is 11.3 Å². The Balaban J connectivity index is 2.37. The summed E-state index contributed by atoms with van der Waals surface area (Å²) in [7, 11) is 0. The van der Waals surface area contributed by atoms with Crippen molar-refractivity contribution < 1.29 is 24.5 Å². The number of rotatable bonds is 1. The summed E-state index contributed by atoms with van der Waals surface area (Å²) in [6, 6.07) is 0. The van der Waals surface area contributed by atoms with E-state index in [4.69, 9.17) is 9.84 Å².